The van der Waals surface area contributed by atoms with Gasteiger partial charge >= 0.3 is 0 Å². The zero-order valence-corrected chi connectivity index (χ0v) is 16.6. The zero-order chi connectivity index (χ0) is 19.8. The summed E-state index contributed by atoms with van der Waals surface area (Å²) in [5, 5.41) is 4.71. The minimum absolute atomic E-state index is 0.0619. The van der Waals surface area contributed by atoms with Crippen LogP contribution in [0.4, 0.5) is 5.69 Å². The molecule has 5 nitrogen and oxygen atoms in total. The molecule has 0 fully saturated rings. The van der Waals surface area contributed by atoms with E-state index < -0.39 is 0 Å². The van der Waals surface area contributed by atoms with Gasteiger partial charge in [-0.1, -0.05) is 48.2 Å². The number of imidazole rings is 1. The molecule has 0 atom stereocenters. The van der Waals surface area contributed by atoms with Gasteiger partial charge in [0.05, 0.1) is 22.3 Å². The summed E-state index contributed by atoms with van der Waals surface area (Å²) in [6, 6.07) is 23.8. The fourth-order valence-corrected chi connectivity index (χ4v) is 4.27. The van der Waals surface area contributed by atoms with Gasteiger partial charge in [-0.15, -0.1) is 0 Å². The van der Waals surface area contributed by atoms with E-state index in [1.54, 1.807) is 0 Å². The number of amides is 1. The van der Waals surface area contributed by atoms with Crippen LogP contribution in [-0.2, 0) is 4.79 Å². The van der Waals surface area contributed by atoms with Crippen molar-refractivity contribution in [1.29, 1.82) is 0 Å². The second-order valence-corrected chi connectivity index (χ2v) is 7.82. The van der Waals surface area contributed by atoms with E-state index in [4.69, 9.17) is 9.97 Å². The van der Waals surface area contributed by atoms with Gasteiger partial charge in [0.1, 0.15) is 5.65 Å². The van der Waals surface area contributed by atoms with E-state index in [0.29, 0.717) is 0 Å². The minimum Gasteiger partial charge on any atom is -0.325 e. The number of aromatic nitrogens is 3. The molecule has 3 aromatic carbocycles. The summed E-state index contributed by atoms with van der Waals surface area (Å²) in [6.07, 6.45) is 0. The van der Waals surface area contributed by atoms with Crippen molar-refractivity contribution in [2.75, 3.05) is 11.1 Å². The Morgan fingerprint density at radius 1 is 0.966 bits per heavy atom. The number of rotatable bonds is 4. The zero-order valence-electron chi connectivity index (χ0n) is 15.8. The first kappa shape index (κ1) is 17.7. The molecule has 1 amide bonds. The van der Waals surface area contributed by atoms with E-state index in [1.807, 2.05) is 84.1 Å². The number of nitrogens with one attached hydrogen (secondary N) is 1. The number of aryl methyl sites for hydroxylation is 1. The fourth-order valence-electron chi connectivity index (χ4n) is 3.46. The predicted molar refractivity (Wildman–Crippen MR) is 119 cm³/mol. The third-order valence-corrected chi connectivity index (χ3v) is 5.69. The summed E-state index contributed by atoms with van der Waals surface area (Å²) in [5.74, 6) is 0.203. The van der Waals surface area contributed by atoms with Crippen LogP contribution in [0.2, 0.25) is 0 Å². The molecule has 0 aliphatic carbocycles. The largest absolute Gasteiger partial charge is 0.325 e. The van der Waals surface area contributed by atoms with Gasteiger partial charge in [-0.25, -0.2) is 9.97 Å². The first-order valence-corrected chi connectivity index (χ1v) is 10.3. The first-order valence-electron chi connectivity index (χ1n) is 9.34. The Bertz CT molecular complexity index is 1380. The lowest BCUT2D eigenvalue weighted by Crippen LogP contribution is -2.14. The Balaban J connectivity index is 1.52. The van der Waals surface area contributed by atoms with Crippen LogP contribution >= 0.6 is 11.8 Å². The van der Waals surface area contributed by atoms with Gasteiger partial charge in [0.15, 0.2) is 5.16 Å². The highest BCUT2D eigenvalue weighted by Crippen LogP contribution is 2.29. The number of thioether (sulfide) groups is 1. The highest BCUT2D eigenvalue weighted by molar-refractivity contribution is 7.99. The standard InChI is InChI=1S/C23H18N4OS/c1-15-7-6-8-16(13-15)24-21(28)14-29-23-26-18-10-3-2-9-17(18)22-25-19-11-4-5-12-20(19)27(22)23/h2-13H,14H2,1H3,(H,24,28). The lowest BCUT2D eigenvalue weighted by molar-refractivity contribution is -0.113. The summed E-state index contributed by atoms with van der Waals surface area (Å²) in [4.78, 5) is 22.2. The Hall–Kier alpha value is -3.38. The van der Waals surface area contributed by atoms with Crippen LogP contribution in [0.3, 0.4) is 0 Å². The molecule has 1 N–H and O–H groups in total. The highest BCUT2D eigenvalue weighted by Gasteiger charge is 2.15. The summed E-state index contributed by atoms with van der Waals surface area (Å²) in [6.45, 7) is 2.00. The van der Waals surface area contributed by atoms with Crippen LogP contribution in [0.15, 0.2) is 78.0 Å². The number of hydrogen-bond acceptors (Lipinski definition) is 4. The third-order valence-electron chi connectivity index (χ3n) is 4.75. The average Bonchev–Trinajstić information content (AvgIpc) is 3.12. The second-order valence-electron chi connectivity index (χ2n) is 6.88. The van der Waals surface area contributed by atoms with Gasteiger partial charge in [0, 0.05) is 11.1 Å². The third kappa shape index (κ3) is 3.32. The smallest absolute Gasteiger partial charge is 0.234 e. The van der Waals surface area contributed by atoms with Gasteiger partial charge < -0.3 is 5.32 Å². The molecule has 2 heterocycles. The molecule has 142 valence electrons. The van der Waals surface area contributed by atoms with E-state index in [1.165, 1.54) is 11.8 Å². The number of fused-ring (bicyclic) bond motifs is 5. The van der Waals surface area contributed by atoms with Crippen molar-refractivity contribution in [1.82, 2.24) is 14.4 Å². The number of anilines is 1. The topological polar surface area (TPSA) is 59.3 Å². The summed E-state index contributed by atoms with van der Waals surface area (Å²) < 4.78 is 2.04. The minimum atomic E-state index is -0.0619. The van der Waals surface area contributed by atoms with Crippen LogP contribution in [0.5, 0.6) is 0 Å². The Morgan fingerprint density at radius 3 is 2.62 bits per heavy atom. The van der Waals surface area contributed by atoms with E-state index in [2.05, 4.69) is 5.32 Å². The molecule has 0 aliphatic heterocycles. The molecule has 5 aromatic rings. The van der Waals surface area contributed by atoms with Crippen molar-refractivity contribution in [3.63, 3.8) is 0 Å². The van der Waals surface area contributed by atoms with E-state index >= 15 is 0 Å². The van der Waals surface area contributed by atoms with Gasteiger partial charge in [-0.05, 0) is 48.9 Å². The summed E-state index contributed by atoms with van der Waals surface area (Å²) >= 11 is 1.42. The number of hydrogen-bond donors (Lipinski definition) is 1. The number of nitrogens with zero attached hydrogens (tertiary/aromatic N) is 3. The fraction of sp³-hybridized carbons (Fsp3) is 0.0870. The molecule has 0 saturated carbocycles. The lowest BCUT2D eigenvalue weighted by atomic mass is 10.2. The maximum atomic E-state index is 12.5. The van der Waals surface area contributed by atoms with Crippen molar-refractivity contribution < 1.29 is 4.79 Å². The molecule has 0 aliphatic rings. The van der Waals surface area contributed by atoms with Gasteiger partial charge in [-0.3, -0.25) is 9.20 Å². The van der Waals surface area contributed by atoms with Crippen molar-refractivity contribution in [3.8, 4) is 0 Å². The average molecular weight is 398 g/mol. The molecule has 0 spiro atoms. The molecule has 0 bridgehead atoms. The van der Waals surface area contributed by atoms with Crippen molar-refractivity contribution in [2.45, 2.75) is 12.1 Å². The van der Waals surface area contributed by atoms with Crippen LogP contribution in [0.1, 0.15) is 5.56 Å². The quantitative estimate of drug-likeness (QED) is 0.339. The van der Waals surface area contributed by atoms with Crippen LogP contribution in [-0.4, -0.2) is 26.0 Å². The number of benzene rings is 3. The molecule has 0 radical (unpaired) electrons. The second kappa shape index (κ2) is 7.22. The molecule has 6 heteroatoms. The monoisotopic (exact) mass is 398 g/mol. The van der Waals surface area contributed by atoms with Crippen LogP contribution in [0.25, 0.3) is 27.6 Å². The summed E-state index contributed by atoms with van der Waals surface area (Å²) in [5.41, 5.74) is 5.55. The van der Waals surface area contributed by atoms with E-state index in [9.17, 15) is 4.79 Å². The first-order chi connectivity index (χ1) is 14.2. The Kier molecular flexibility index (Phi) is 4.41. The van der Waals surface area contributed by atoms with Gasteiger partial charge in [0.2, 0.25) is 5.91 Å². The van der Waals surface area contributed by atoms with Crippen LogP contribution in [0, 0.1) is 6.92 Å². The molecular formula is C23H18N4OS. The number of para-hydroxylation sites is 3. The van der Waals surface area contributed by atoms with E-state index in [-0.39, 0.29) is 11.7 Å². The molecular weight excluding hydrogens is 380 g/mol. The van der Waals surface area contributed by atoms with Crippen molar-refractivity contribution in [2.24, 2.45) is 0 Å². The molecule has 29 heavy (non-hydrogen) atoms. The number of carbonyl (C=O) groups excluding carboxylic acids is 1. The molecule has 0 unspecified atom stereocenters. The highest BCUT2D eigenvalue weighted by atomic mass is 32.2. The predicted octanol–water partition coefficient (Wildman–Crippen LogP) is 5.07. The summed E-state index contributed by atoms with van der Waals surface area (Å²) in [7, 11) is 0. The molecule has 2 aromatic heterocycles. The number of carbonyl (C=O) groups is 1. The maximum absolute atomic E-state index is 12.5. The van der Waals surface area contributed by atoms with Crippen molar-refractivity contribution >= 4 is 50.9 Å². The lowest BCUT2D eigenvalue weighted by Gasteiger charge is -2.09. The molecule has 5 rings (SSSR count). The van der Waals surface area contributed by atoms with Crippen LogP contribution < -0.4 is 5.32 Å². The normalized spacial score (nSPS) is 11.3. The molecule has 0 saturated heterocycles. The Morgan fingerprint density at radius 2 is 1.76 bits per heavy atom. The Labute approximate surface area is 171 Å². The van der Waals surface area contributed by atoms with Gasteiger partial charge in [-0.2, -0.15) is 0 Å². The van der Waals surface area contributed by atoms with Crippen molar-refractivity contribution in [3.05, 3.63) is 78.4 Å². The maximum Gasteiger partial charge on any atom is 0.234 e. The SMILES string of the molecule is Cc1cccc(NC(=O)CSc2nc3ccccc3c3nc4ccccc4n23)c1. The van der Waals surface area contributed by atoms with E-state index in [0.717, 1.165) is 44.0 Å². The van der Waals surface area contributed by atoms with Gasteiger partial charge in [0.25, 0.3) is 0 Å².